The van der Waals surface area contributed by atoms with Crippen LogP contribution in [0.4, 0.5) is 10.5 Å². The molecule has 2 aromatic carbocycles. The zero-order valence-electron chi connectivity index (χ0n) is 17.2. The van der Waals surface area contributed by atoms with Gasteiger partial charge in [-0.15, -0.1) is 0 Å². The van der Waals surface area contributed by atoms with Gasteiger partial charge >= 0.3 is 12.0 Å². The number of esters is 1. The Hall–Kier alpha value is -3.32. The number of anilines is 1. The molecule has 0 radical (unpaired) electrons. The summed E-state index contributed by atoms with van der Waals surface area (Å²) in [5, 5.41) is 3.24. The van der Waals surface area contributed by atoms with Gasteiger partial charge in [0.15, 0.2) is 0 Å². The Morgan fingerprint density at radius 2 is 2.00 bits per heavy atom. The number of hydrogen-bond donors (Lipinski definition) is 1. The van der Waals surface area contributed by atoms with Crippen molar-refractivity contribution in [1.29, 1.82) is 0 Å². The first kappa shape index (κ1) is 20.9. The average Bonchev–Trinajstić information content (AvgIpc) is 3.13. The van der Waals surface area contributed by atoms with E-state index in [1.54, 1.807) is 29.2 Å². The number of amides is 3. The summed E-state index contributed by atoms with van der Waals surface area (Å²) in [7, 11) is 0. The second-order valence-electron chi connectivity index (χ2n) is 7.40. The standard InChI is InChI=1S/C23H22ClN3O4/c1-3-26(15-8-6-7-14(2)11-15)19(28)12-27-18-13-31-22(29)20(18)21(25-23(27)30)16-9-4-5-10-17(16)24/h4-11,21H,3,12-13H2,1-2H3,(H,25,30)/t21-/m0/s1. The number of benzene rings is 2. The van der Waals surface area contributed by atoms with E-state index in [0.29, 0.717) is 28.4 Å². The number of cyclic esters (lactones) is 1. The lowest BCUT2D eigenvalue weighted by atomic mass is 9.95. The number of aryl methyl sites for hydroxylation is 1. The highest BCUT2D eigenvalue weighted by Gasteiger charge is 2.43. The van der Waals surface area contributed by atoms with Gasteiger partial charge in [-0.05, 0) is 43.2 Å². The molecule has 2 aliphatic heterocycles. The smallest absolute Gasteiger partial charge is 0.338 e. The molecule has 4 rings (SSSR count). The fraction of sp³-hybridized carbons (Fsp3) is 0.261. The van der Waals surface area contributed by atoms with Gasteiger partial charge in [0.1, 0.15) is 13.2 Å². The van der Waals surface area contributed by atoms with E-state index >= 15 is 0 Å². The summed E-state index contributed by atoms with van der Waals surface area (Å²) in [6, 6.07) is 13.4. The van der Waals surface area contributed by atoms with E-state index in [1.165, 1.54) is 4.90 Å². The molecule has 0 unspecified atom stereocenters. The van der Waals surface area contributed by atoms with Gasteiger partial charge in [0.25, 0.3) is 0 Å². The normalized spacial score (nSPS) is 17.9. The zero-order chi connectivity index (χ0) is 22.1. The number of carbonyl (C=O) groups is 3. The number of rotatable bonds is 5. The lowest BCUT2D eigenvalue weighted by molar-refractivity contribution is -0.136. The van der Waals surface area contributed by atoms with Gasteiger partial charge in [-0.2, -0.15) is 0 Å². The number of urea groups is 1. The number of carbonyl (C=O) groups excluding carboxylic acids is 3. The summed E-state index contributed by atoms with van der Waals surface area (Å²) in [4.78, 5) is 41.5. The first-order valence-corrected chi connectivity index (χ1v) is 10.4. The molecule has 2 aromatic rings. The van der Waals surface area contributed by atoms with E-state index in [9.17, 15) is 14.4 Å². The highest BCUT2D eigenvalue weighted by Crippen LogP contribution is 2.37. The van der Waals surface area contributed by atoms with E-state index in [1.807, 2.05) is 38.1 Å². The molecule has 8 heteroatoms. The Morgan fingerprint density at radius 1 is 1.23 bits per heavy atom. The number of halogens is 1. The summed E-state index contributed by atoms with van der Waals surface area (Å²) in [5.74, 6) is -0.783. The second-order valence-corrected chi connectivity index (χ2v) is 7.81. The van der Waals surface area contributed by atoms with Crippen LogP contribution in [0.2, 0.25) is 5.02 Å². The molecule has 2 heterocycles. The van der Waals surface area contributed by atoms with Crippen molar-refractivity contribution in [3.05, 3.63) is 76.0 Å². The Labute approximate surface area is 185 Å². The molecule has 0 aromatic heterocycles. The van der Waals surface area contributed by atoms with Crippen LogP contribution >= 0.6 is 11.6 Å². The number of nitrogens with zero attached hydrogens (tertiary/aromatic N) is 2. The molecule has 0 spiro atoms. The highest BCUT2D eigenvalue weighted by molar-refractivity contribution is 6.31. The molecule has 160 valence electrons. The van der Waals surface area contributed by atoms with E-state index in [2.05, 4.69) is 5.32 Å². The molecular formula is C23H22ClN3O4. The predicted octanol–water partition coefficient (Wildman–Crippen LogP) is 3.58. The minimum atomic E-state index is -0.725. The van der Waals surface area contributed by atoms with Gasteiger partial charge < -0.3 is 15.0 Å². The minimum Gasteiger partial charge on any atom is -0.456 e. The van der Waals surface area contributed by atoms with E-state index in [4.69, 9.17) is 16.3 Å². The zero-order valence-corrected chi connectivity index (χ0v) is 18.0. The van der Waals surface area contributed by atoms with Crippen LogP contribution in [-0.2, 0) is 14.3 Å². The first-order valence-electron chi connectivity index (χ1n) is 10.00. The summed E-state index contributed by atoms with van der Waals surface area (Å²) in [5.41, 5.74) is 3.09. The topological polar surface area (TPSA) is 79.0 Å². The largest absolute Gasteiger partial charge is 0.456 e. The molecule has 0 bridgehead atoms. The van der Waals surface area contributed by atoms with E-state index < -0.39 is 18.0 Å². The summed E-state index contributed by atoms with van der Waals surface area (Å²) in [6.45, 7) is 4.00. The van der Waals surface area contributed by atoms with Gasteiger partial charge in [0.05, 0.1) is 17.3 Å². The number of likely N-dealkylation sites (N-methyl/N-ethyl adjacent to an activating group) is 1. The predicted molar refractivity (Wildman–Crippen MR) is 117 cm³/mol. The quantitative estimate of drug-likeness (QED) is 0.722. The molecule has 0 fully saturated rings. The van der Waals surface area contributed by atoms with Crippen LogP contribution in [0.15, 0.2) is 59.8 Å². The maximum absolute atomic E-state index is 13.1. The second kappa shape index (κ2) is 8.43. The van der Waals surface area contributed by atoms with Crippen molar-refractivity contribution in [3.63, 3.8) is 0 Å². The van der Waals surface area contributed by atoms with Crippen LogP contribution in [-0.4, -0.2) is 42.5 Å². The highest BCUT2D eigenvalue weighted by atomic mass is 35.5. The lowest BCUT2D eigenvalue weighted by Crippen LogP contribution is -2.51. The Morgan fingerprint density at radius 3 is 2.71 bits per heavy atom. The van der Waals surface area contributed by atoms with E-state index in [0.717, 1.165) is 11.3 Å². The molecule has 2 aliphatic rings. The number of nitrogens with one attached hydrogen (secondary N) is 1. The van der Waals surface area contributed by atoms with Crippen LogP contribution in [0.3, 0.4) is 0 Å². The summed E-state index contributed by atoms with van der Waals surface area (Å²) >= 11 is 6.30. The van der Waals surface area contributed by atoms with Crippen LogP contribution in [0.5, 0.6) is 0 Å². The van der Waals surface area contributed by atoms with E-state index in [-0.39, 0.29) is 19.1 Å². The van der Waals surface area contributed by atoms with Crippen molar-refractivity contribution in [3.8, 4) is 0 Å². The molecule has 1 atom stereocenters. The maximum Gasteiger partial charge on any atom is 0.338 e. The number of hydrogen-bond acceptors (Lipinski definition) is 4. The molecule has 7 nitrogen and oxygen atoms in total. The molecule has 0 aliphatic carbocycles. The van der Waals surface area contributed by atoms with Crippen LogP contribution < -0.4 is 10.2 Å². The van der Waals surface area contributed by atoms with Crippen molar-refractivity contribution < 1.29 is 19.1 Å². The monoisotopic (exact) mass is 439 g/mol. The van der Waals surface area contributed by atoms with Gasteiger partial charge in [-0.1, -0.05) is 41.9 Å². The van der Waals surface area contributed by atoms with Crippen LogP contribution in [0.25, 0.3) is 0 Å². The molecule has 0 saturated carbocycles. The van der Waals surface area contributed by atoms with Crippen molar-refractivity contribution in [2.24, 2.45) is 0 Å². The first-order chi connectivity index (χ1) is 14.9. The third-order valence-electron chi connectivity index (χ3n) is 5.44. The molecular weight excluding hydrogens is 418 g/mol. The summed E-state index contributed by atoms with van der Waals surface area (Å²) in [6.07, 6.45) is 0. The van der Waals surface area contributed by atoms with Crippen molar-refractivity contribution in [2.75, 3.05) is 24.6 Å². The van der Waals surface area contributed by atoms with Crippen molar-refractivity contribution in [1.82, 2.24) is 10.2 Å². The fourth-order valence-corrected chi connectivity index (χ4v) is 4.19. The van der Waals surface area contributed by atoms with Crippen LogP contribution in [0.1, 0.15) is 24.1 Å². The Kier molecular flexibility index (Phi) is 5.69. The maximum atomic E-state index is 13.1. The molecule has 0 saturated heterocycles. The molecule has 3 amide bonds. The van der Waals surface area contributed by atoms with Crippen molar-refractivity contribution in [2.45, 2.75) is 19.9 Å². The van der Waals surface area contributed by atoms with Gasteiger partial charge in [-0.3, -0.25) is 9.69 Å². The molecule has 31 heavy (non-hydrogen) atoms. The Balaban J connectivity index is 1.65. The van der Waals surface area contributed by atoms with Gasteiger partial charge in [0, 0.05) is 17.3 Å². The average molecular weight is 440 g/mol. The molecule has 1 N–H and O–H groups in total. The lowest BCUT2D eigenvalue weighted by Gasteiger charge is -2.34. The Bertz CT molecular complexity index is 1100. The van der Waals surface area contributed by atoms with Crippen molar-refractivity contribution >= 4 is 35.2 Å². The SMILES string of the molecule is CCN(C(=O)CN1C(=O)N[C@@H](c2ccccc2Cl)C2=C1COC2=O)c1cccc(C)c1. The van der Waals surface area contributed by atoms with Gasteiger partial charge in [0.2, 0.25) is 5.91 Å². The third-order valence-corrected chi connectivity index (χ3v) is 5.78. The summed E-state index contributed by atoms with van der Waals surface area (Å²) < 4.78 is 5.22. The minimum absolute atomic E-state index is 0.0631. The van der Waals surface area contributed by atoms with Crippen LogP contribution in [0, 0.1) is 6.92 Å². The van der Waals surface area contributed by atoms with Gasteiger partial charge in [-0.25, -0.2) is 9.59 Å². The number of ether oxygens (including phenoxy) is 1. The fourth-order valence-electron chi connectivity index (χ4n) is 3.94. The third kappa shape index (κ3) is 3.88.